The first-order chi connectivity index (χ1) is 6.55. The van der Waals surface area contributed by atoms with Gasteiger partial charge in [-0.25, -0.2) is 5.06 Å². The summed E-state index contributed by atoms with van der Waals surface area (Å²) in [7, 11) is 2.05. The van der Waals surface area contributed by atoms with E-state index in [0.29, 0.717) is 0 Å². The van der Waals surface area contributed by atoms with E-state index in [-0.39, 0.29) is 11.9 Å². The summed E-state index contributed by atoms with van der Waals surface area (Å²) in [6.07, 6.45) is 1.58. The second-order valence-electron chi connectivity index (χ2n) is 4.35. The standard InChI is InChI=1S/C9H17N3O2/c1-7-8(13)12(14)9(10-7)3-5-11(2)6-4-9/h7,10,14H,3-6H2,1-2H3. The fourth-order valence-electron chi connectivity index (χ4n) is 2.26. The molecule has 5 nitrogen and oxygen atoms in total. The van der Waals surface area contributed by atoms with Gasteiger partial charge < -0.3 is 4.90 Å². The Hall–Kier alpha value is -0.650. The van der Waals surface area contributed by atoms with Gasteiger partial charge in [-0.05, 0) is 26.8 Å². The van der Waals surface area contributed by atoms with Crippen LogP contribution in [0.1, 0.15) is 19.8 Å². The third kappa shape index (κ3) is 1.32. The minimum absolute atomic E-state index is 0.213. The average molecular weight is 199 g/mol. The molecule has 0 aromatic heterocycles. The van der Waals surface area contributed by atoms with Crippen molar-refractivity contribution >= 4 is 5.91 Å². The lowest BCUT2D eigenvalue weighted by molar-refractivity contribution is -0.189. The maximum absolute atomic E-state index is 11.5. The normalized spacial score (nSPS) is 32.9. The zero-order valence-corrected chi connectivity index (χ0v) is 8.66. The van der Waals surface area contributed by atoms with Crippen LogP contribution in [-0.4, -0.2) is 52.9 Å². The number of carbonyl (C=O) groups is 1. The molecule has 80 valence electrons. The van der Waals surface area contributed by atoms with Crippen LogP contribution in [0.15, 0.2) is 0 Å². The van der Waals surface area contributed by atoms with Crippen molar-refractivity contribution in [1.82, 2.24) is 15.3 Å². The smallest absolute Gasteiger partial charge is 0.264 e. The first-order valence-electron chi connectivity index (χ1n) is 5.04. The van der Waals surface area contributed by atoms with Gasteiger partial charge in [0.1, 0.15) is 5.66 Å². The number of rotatable bonds is 0. The van der Waals surface area contributed by atoms with Gasteiger partial charge in [0.05, 0.1) is 6.04 Å². The summed E-state index contributed by atoms with van der Waals surface area (Å²) in [6.45, 7) is 3.60. The predicted octanol–water partition coefficient (Wildman–Crippen LogP) is -0.382. The number of nitrogens with zero attached hydrogens (tertiary/aromatic N) is 2. The Morgan fingerprint density at radius 2 is 2.07 bits per heavy atom. The van der Waals surface area contributed by atoms with Crippen molar-refractivity contribution in [2.45, 2.75) is 31.5 Å². The molecule has 14 heavy (non-hydrogen) atoms. The van der Waals surface area contributed by atoms with E-state index in [9.17, 15) is 10.0 Å². The first kappa shape index (κ1) is 9.89. The number of carbonyl (C=O) groups excluding carboxylic acids is 1. The van der Waals surface area contributed by atoms with Crippen LogP contribution in [0.25, 0.3) is 0 Å². The minimum Gasteiger partial charge on any atom is -0.306 e. The van der Waals surface area contributed by atoms with Crippen molar-refractivity contribution in [2.24, 2.45) is 0 Å². The molecule has 1 atom stereocenters. The lowest BCUT2D eigenvalue weighted by Gasteiger charge is -2.40. The highest BCUT2D eigenvalue weighted by Gasteiger charge is 2.49. The van der Waals surface area contributed by atoms with Crippen LogP contribution < -0.4 is 5.32 Å². The van der Waals surface area contributed by atoms with E-state index in [1.54, 1.807) is 6.92 Å². The van der Waals surface area contributed by atoms with Gasteiger partial charge >= 0.3 is 0 Å². The van der Waals surface area contributed by atoms with Gasteiger partial charge in [0, 0.05) is 13.1 Å². The van der Waals surface area contributed by atoms with E-state index >= 15 is 0 Å². The molecule has 2 rings (SSSR count). The molecule has 0 aliphatic carbocycles. The fraction of sp³-hybridized carbons (Fsp3) is 0.889. The Labute approximate surface area is 83.6 Å². The minimum atomic E-state index is -0.497. The number of nitrogens with one attached hydrogen (secondary N) is 1. The second kappa shape index (κ2) is 3.18. The van der Waals surface area contributed by atoms with Crippen molar-refractivity contribution in [3.8, 4) is 0 Å². The van der Waals surface area contributed by atoms with Gasteiger partial charge in [0.25, 0.3) is 5.91 Å². The van der Waals surface area contributed by atoms with E-state index < -0.39 is 5.66 Å². The van der Waals surface area contributed by atoms with Gasteiger partial charge in [-0.3, -0.25) is 15.3 Å². The van der Waals surface area contributed by atoms with Gasteiger partial charge in [-0.2, -0.15) is 0 Å². The topological polar surface area (TPSA) is 55.8 Å². The number of hydroxylamine groups is 2. The van der Waals surface area contributed by atoms with Crippen LogP contribution in [0.5, 0.6) is 0 Å². The molecule has 2 N–H and O–H groups in total. The summed E-state index contributed by atoms with van der Waals surface area (Å²) in [5, 5.41) is 13.8. The summed E-state index contributed by atoms with van der Waals surface area (Å²) in [4.78, 5) is 13.7. The fourth-order valence-corrected chi connectivity index (χ4v) is 2.26. The highest BCUT2D eigenvalue weighted by molar-refractivity contribution is 5.83. The molecular formula is C9H17N3O2. The Balaban J connectivity index is 2.14. The van der Waals surface area contributed by atoms with Gasteiger partial charge in [-0.1, -0.05) is 0 Å². The summed E-state index contributed by atoms with van der Waals surface area (Å²) >= 11 is 0. The molecule has 2 aliphatic rings. The molecule has 1 amide bonds. The van der Waals surface area contributed by atoms with Crippen LogP contribution in [0.4, 0.5) is 0 Å². The van der Waals surface area contributed by atoms with Crippen molar-refractivity contribution in [2.75, 3.05) is 20.1 Å². The predicted molar refractivity (Wildman–Crippen MR) is 50.7 cm³/mol. The molecular weight excluding hydrogens is 182 g/mol. The molecule has 2 heterocycles. The molecule has 0 radical (unpaired) electrons. The molecule has 0 aromatic carbocycles. The number of piperidine rings is 1. The average Bonchev–Trinajstić information content (AvgIpc) is 2.37. The summed E-state index contributed by atoms with van der Waals surface area (Å²) in [5.74, 6) is -0.213. The highest BCUT2D eigenvalue weighted by Crippen LogP contribution is 2.29. The maximum Gasteiger partial charge on any atom is 0.264 e. The van der Waals surface area contributed by atoms with Crippen molar-refractivity contribution in [3.05, 3.63) is 0 Å². The summed E-state index contributed by atoms with van der Waals surface area (Å²) in [5.41, 5.74) is -0.497. The molecule has 2 saturated heterocycles. The molecule has 2 fully saturated rings. The molecule has 1 spiro atoms. The highest BCUT2D eigenvalue weighted by atomic mass is 16.5. The van der Waals surface area contributed by atoms with E-state index in [1.807, 2.05) is 0 Å². The van der Waals surface area contributed by atoms with Crippen LogP contribution in [0.3, 0.4) is 0 Å². The molecule has 1 unspecified atom stereocenters. The summed E-state index contributed by atoms with van der Waals surface area (Å²) in [6, 6.07) is -0.261. The summed E-state index contributed by atoms with van der Waals surface area (Å²) < 4.78 is 0. The van der Waals surface area contributed by atoms with Crippen LogP contribution in [-0.2, 0) is 4.79 Å². The Morgan fingerprint density at radius 3 is 2.50 bits per heavy atom. The Bertz CT molecular complexity index is 248. The van der Waals surface area contributed by atoms with Gasteiger partial charge in [0.15, 0.2) is 0 Å². The zero-order valence-electron chi connectivity index (χ0n) is 8.66. The lowest BCUT2D eigenvalue weighted by Crippen LogP contribution is -2.57. The third-order valence-electron chi connectivity index (χ3n) is 3.28. The number of likely N-dealkylation sites (tertiary alicyclic amines) is 1. The van der Waals surface area contributed by atoms with E-state index in [1.165, 1.54) is 0 Å². The third-order valence-corrected chi connectivity index (χ3v) is 3.28. The van der Waals surface area contributed by atoms with E-state index in [4.69, 9.17) is 0 Å². The van der Waals surface area contributed by atoms with Crippen LogP contribution in [0.2, 0.25) is 0 Å². The lowest BCUT2D eigenvalue weighted by atomic mass is 9.98. The largest absolute Gasteiger partial charge is 0.306 e. The number of hydrogen-bond donors (Lipinski definition) is 2. The molecule has 0 bridgehead atoms. The van der Waals surface area contributed by atoms with Crippen molar-refractivity contribution < 1.29 is 10.0 Å². The van der Waals surface area contributed by atoms with Gasteiger partial charge in [0.2, 0.25) is 0 Å². The molecule has 0 saturated carbocycles. The SMILES string of the molecule is CC1NC2(CCN(C)CC2)N(O)C1=O. The first-order valence-corrected chi connectivity index (χ1v) is 5.04. The van der Waals surface area contributed by atoms with Crippen molar-refractivity contribution in [3.63, 3.8) is 0 Å². The van der Waals surface area contributed by atoms with Crippen LogP contribution in [0, 0.1) is 0 Å². The quantitative estimate of drug-likeness (QED) is 0.522. The van der Waals surface area contributed by atoms with Crippen LogP contribution >= 0.6 is 0 Å². The zero-order chi connectivity index (χ0) is 10.3. The monoisotopic (exact) mass is 199 g/mol. The molecule has 2 aliphatic heterocycles. The Kier molecular flexibility index (Phi) is 2.25. The second-order valence-corrected chi connectivity index (χ2v) is 4.35. The molecule has 5 heteroatoms. The Morgan fingerprint density at radius 1 is 1.50 bits per heavy atom. The molecule has 0 aromatic rings. The maximum atomic E-state index is 11.5. The van der Waals surface area contributed by atoms with E-state index in [0.717, 1.165) is 31.0 Å². The van der Waals surface area contributed by atoms with E-state index in [2.05, 4.69) is 17.3 Å². The number of hydrogen-bond acceptors (Lipinski definition) is 4. The van der Waals surface area contributed by atoms with Crippen molar-refractivity contribution in [1.29, 1.82) is 0 Å². The number of amides is 1. The van der Waals surface area contributed by atoms with Gasteiger partial charge in [-0.15, -0.1) is 0 Å².